The lowest BCUT2D eigenvalue weighted by Gasteiger charge is -2.20. The maximum Gasteiger partial charge on any atom is 0.288 e. The van der Waals surface area contributed by atoms with Gasteiger partial charge < -0.3 is 4.57 Å². The van der Waals surface area contributed by atoms with Crippen LogP contribution in [-0.2, 0) is 4.57 Å². The third-order valence-corrected chi connectivity index (χ3v) is 8.34. The van der Waals surface area contributed by atoms with Crippen LogP contribution in [0, 0.1) is 20.8 Å². The SMILES string of the molecule is Cc1cc(C)c(C(=O)P(=O)(C(=O)c2ccccc2SC(F)F)c2ccccc2)c(C)c1. The Kier molecular flexibility index (Phi) is 6.93. The molecule has 0 saturated carbocycles. The summed E-state index contributed by atoms with van der Waals surface area (Å²) in [5.41, 5.74) is 0.526. The predicted octanol–water partition coefficient (Wildman–Crippen LogP) is 6.60. The Labute approximate surface area is 184 Å². The first kappa shape index (κ1) is 23.1. The van der Waals surface area contributed by atoms with E-state index < -0.39 is 23.9 Å². The molecule has 160 valence electrons. The minimum atomic E-state index is -4.37. The molecule has 0 aliphatic carbocycles. The number of rotatable bonds is 7. The van der Waals surface area contributed by atoms with E-state index in [4.69, 9.17) is 0 Å². The summed E-state index contributed by atoms with van der Waals surface area (Å²) in [5.74, 6) is -2.76. The molecule has 31 heavy (non-hydrogen) atoms. The van der Waals surface area contributed by atoms with E-state index in [9.17, 15) is 22.9 Å². The summed E-state index contributed by atoms with van der Waals surface area (Å²) in [4.78, 5) is 27.4. The molecule has 0 spiro atoms. The maximum atomic E-state index is 14.3. The zero-order chi connectivity index (χ0) is 22.8. The van der Waals surface area contributed by atoms with Gasteiger partial charge in [-0.1, -0.05) is 71.9 Å². The Bertz CT molecular complexity index is 1170. The van der Waals surface area contributed by atoms with Crippen LogP contribution in [0.15, 0.2) is 71.6 Å². The maximum absolute atomic E-state index is 14.3. The van der Waals surface area contributed by atoms with E-state index in [2.05, 4.69) is 0 Å². The van der Waals surface area contributed by atoms with Gasteiger partial charge in [0.2, 0.25) is 18.2 Å². The van der Waals surface area contributed by atoms with E-state index in [-0.39, 0.29) is 33.1 Å². The van der Waals surface area contributed by atoms with E-state index >= 15 is 0 Å². The third-order valence-electron chi connectivity index (χ3n) is 4.92. The summed E-state index contributed by atoms with van der Waals surface area (Å²) in [6.07, 6.45) is 0. The molecule has 3 rings (SSSR count). The van der Waals surface area contributed by atoms with Crippen molar-refractivity contribution in [3.63, 3.8) is 0 Å². The minimum Gasteiger partial charge on any atom is -0.302 e. The normalized spacial score (nSPS) is 13.1. The number of benzene rings is 3. The van der Waals surface area contributed by atoms with Crippen molar-refractivity contribution in [2.24, 2.45) is 0 Å². The summed E-state index contributed by atoms with van der Waals surface area (Å²) in [7, 11) is -4.37. The largest absolute Gasteiger partial charge is 0.302 e. The van der Waals surface area contributed by atoms with E-state index in [0.29, 0.717) is 11.1 Å². The molecule has 3 aromatic rings. The standard InChI is InChI=1S/C24H21F2O3PS/c1-15-13-16(2)21(17(3)14-15)23(28)30(29,18-9-5-4-6-10-18)22(27)19-11-7-8-12-20(19)31-24(25)26/h4-14,24H,1-3H3. The molecular weight excluding hydrogens is 437 g/mol. The second kappa shape index (κ2) is 9.29. The van der Waals surface area contributed by atoms with Gasteiger partial charge in [-0.15, -0.1) is 0 Å². The lowest BCUT2D eigenvalue weighted by Crippen LogP contribution is -2.22. The molecule has 7 heteroatoms. The van der Waals surface area contributed by atoms with Crippen molar-refractivity contribution >= 4 is 35.3 Å². The van der Waals surface area contributed by atoms with Crippen molar-refractivity contribution in [1.82, 2.24) is 0 Å². The molecule has 3 aromatic carbocycles. The first-order chi connectivity index (χ1) is 14.7. The fraction of sp³-hybridized carbons (Fsp3) is 0.167. The highest BCUT2D eigenvalue weighted by molar-refractivity contribution is 8.01. The Morgan fingerprint density at radius 3 is 1.97 bits per heavy atom. The van der Waals surface area contributed by atoms with Crippen LogP contribution in [0.4, 0.5) is 8.78 Å². The number of carbonyl (C=O) groups excluding carboxylic acids is 2. The average molecular weight is 458 g/mol. The van der Waals surface area contributed by atoms with Crippen LogP contribution in [0.3, 0.4) is 0 Å². The first-order valence-corrected chi connectivity index (χ1v) is 12.1. The van der Waals surface area contributed by atoms with E-state index in [1.807, 2.05) is 6.92 Å². The van der Waals surface area contributed by atoms with Gasteiger partial charge in [0, 0.05) is 21.3 Å². The highest BCUT2D eigenvalue weighted by Gasteiger charge is 2.44. The number of carbonyl (C=O) groups is 2. The summed E-state index contributed by atoms with van der Waals surface area (Å²) in [6.45, 7) is 5.34. The second-order valence-corrected chi connectivity index (χ2v) is 10.8. The van der Waals surface area contributed by atoms with Gasteiger partial charge in [-0.25, -0.2) is 0 Å². The van der Waals surface area contributed by atoms with Crippen LogP contribution >= 0.6 is 18.9 Å². The van der Waals surface area contributed by atoms with Crippen molar-refractivity contribution in [3.8, 4) is 0 Å². The first-order valence-electron chi connectivity index (χ1n) is 9.53. The second-order valence-electron chi connectivity index (χ2n) is 7.20. The number of hydrogen-bond acceptors (Lipinski definition) is 4. The van der Waals surface area contributed by atoms with Crippen molar-refractivity contribution in [2.45, 2.75) is 31.4 Å². The zero-order valence-electron chi connectivity index (χ0n) is 17.3. The quantitative estimate of drug-likeness (QED) is 0.296. The molecule has 3 nitrogen and oxygen atoms in total. The molecule has 0 radical (unpaired) electrons. The molecule has 0 aromatic heterocycles. The van der Waals surface area contributed by atoms with E-state index in [0.717, 1.165) is 5.56 Å². The topological polar surface area (TPSA) is 51.2 Å². The fourth-order valence-electron chi connectivity index (χ4n) is 3.65. The molecule has 0 N–H and O–H groups in total. The monoisotopic (exact) mass is 458 g/mol. The van der Waals surface area contributed by atoms with Gasteiger partial charge in [0.1, 0.15) is 0 Å². The van der Waals surface area contributed by atoms with Gasteiger partial charge in [0.15, 0.2) is 0 Å². The van der Waals surface area contributed by atoms with Crippen molar-refractivity contribution in [1.29, 1.82) is 0 Å². The fourth-order valence-corrected chi connectivity index (χ4v) is 6.81. The van der Waals surface area contributed by atoms with Gasteiger partial charge in [-0.2, -0.15) is 8.78 Å². The summed E-state index contributed by atoms with van der Waals surface area (Å²) in [5, 5.41) is 0.0845. The minimum absolute atomic E-state index is 0.0104. The molecule has 0 aliphatic heterocycles. The molecule has 0 heterocycles. The average Bonchev–Trinajstić information content (AvgIpc) is 2.72. The molecule has 1 atom stereocenters. The Hall–Kier alpha value is -2.56. The number of hydrogen-bond donors (Lipinski definition) is 0. The van der Waals surface area contributed by atoms with Gasteiger partial charge in [-0.05, 0) is 44.0 Å². The van der Waals surface area contributed by atoms with Crippen molar-refractivity contribution in [3.05, 3.63) is 94.5 Å². The van der Waals surface area contributed by atoms with Crippen LogP contribution in [0.2, 0.25) is 0 Å². The number of aryl methyl sites for hydroxylation is 3. The number of halogens is 2. The lowest BCUT2D eigenvalue weighted by molar-refractivity contribution is 0.103. The molecular formula is C24H21F2O3PS. The van der Waals surface area contributed by atoms with Gasteiger partial charge >= 0.3 is 0 Å². The highest BCUT2D eigenvalue weighted by atomic mass is 32.2. The molecule has 1 unspecified atom stereocenters. The van der Waals surface area contributed by atoms with Crippen LogP contribution in [0.1, 0.15) is 37.4 Å². The summed E-state index contributed by atoms with van der Waals surface area (Å²) in [6, 6.07) is 17.1. The Balaban J connectivity index is 2.25. The third kappa shape index (κ3) is 4.56. The van der Waals surface area contributed by atoms with Crippen molar-refractivity contribution in [2.75, 3.05) is 0 Å². The molecule has 0 fully saturated rings. The highest BCUT2D eigenvalue weighted by Crippen LogP contribution is 2.53. The molecule has 0 saturated heterocycles. The van der Waals surface area contributed by atoms with Crippen molar-refractivity contribution < 1.29 is 22.9 Å². The smallest absolute Gasteiger partial charge is 0.288 e. The number of alkyl halides is 2. The van der Waals surface area contributed by atoms with E-state index in [1.54, 1.807) is 44.2 Å². The molecule has 0 aliphatic rings. The Morgan fingerprint density at radius 1 is 0.839 bits per heavy atom. The van der Waals surface area contributed by atoms with Crippen LogP contribution in [-0.4, -0.2) is 16.8 Å². The Morgan fingerprint density at radius 2 is 1.39 bits per heavy atom. The van der Waals surface area contributed by atoms with E-state index in [1.165, 1.54) is 36.4 Å². The predicted molar refractivity (Wildman–Crippen MR) is 121 cm³/mol. The summed E-state index contributed by atoms with van der Waals surface area (Å²) >= 11 is 0.194. The zero-order valence-corrected chi connectivity index (χ0v) is 19.0. The number of thioether (sulfide) groups is 1. The molecule has 0 bridgehead atoms. The van der Waals surface area contributed by atoms with Gasteiger partial charge in [0.05, 0.1) is 0 Å². The lowest BCUT2D eigenvalue weighted by atomic mass is 10.0. The van der Waals surface area contributed by atoms with Gasteiger partial charge in [-0.3, -0.25) is 9.59 Å². The van der Waals surface area contributed by atoms with Crippen LogP contribution < -0.4 is 5.30 Å². The summed E-state index contributed by atoms with van der Waals surface area (Å²) < 4.78 is 40.5. The van der Waals surface area contributed by atoms with Gasteiger partial charge in [0.25, 0.3) is 5.76 Å². The molecule has 0 amide bonds. The van der Waals surface area contributed by atoms with Crippen LogP contribution in [0.5, 0.6) is 0 Å². The van der Waals surface area contributed by atoms with Crippen LogP contribution in [0.25, 0.3) is 0 Å².